The van der Waals surface area contributed by atoms with Gasteiger partial charge in [0.15, 0.2) is 9.76 Å². The second-order valence-corrected chi connectivity index (χ2v) is 9.25. The van der Waals surface area contributed by atoms with Gasteiger partial charge in [0.1, 0.15) is 5.82 Å². The van der Waals surface area contributed by atoms with Gasteiger partial charge in [-0.05, 0) is 56.6 Å². The van der Waals surface area contributed by atoms with Gasteiger partial charge in [-0.2, -0.15) is 0 Å². The minimum absolute atomic E-state index is 0.278. The van der Waals surface area contributed by atoms with Crippen LogP contribution in [0.15, 0.2) is 48.7 Å². The Kier molecular flexibility index (Phi) is 7.10. The highest BCUT2D eigenvalue weighted by Crippen LogP contribution is 2.40. The molecule has 6 heteroatoms. The Morgan fingerprint density at radius 1 is 1.13 bits per heavy atom. The average Bonchev–Trinajstić information content (AvgIpc) is 3.08. The van der Waals surface area contributed by atoms with Crippen molar-refractivity contribution in [2.75, 3.05) is 6.61 Å². The summed E-state index contributed by atoms with van der Waals surface area (Å²) >= 11 is 0. The van der Waals surface area contributed by atoms with Crippen LogP contribution < -0.4 is 0 Å². The Balaban J connectivity index is 2.24. The lowest BCUT2D eigenvalue weighted by Crippen LogP contribution is -2.28. The van der Waals surface area contributed by atoms with Gasteiger partial charge in [-0.15, -0.1) is 0 Å². The second-order valence-electron chi connectivity index (χ2n) is 7.85. The van der Waals surface area contributed by atoms with Crippen LogP contribution in [0.4, 0.5) is 4.39 Å². The van der Waals surface area contributed by atoms with Crippen LogP contribution in [0.2, 0.25) is 6.04 Å². The first kappa shape index (κ1) is 22.2. The molecular formula is C24H30FNO3Si. The van der Waals surface area contributed by atoms with E-state index in [-0.39, 0.29) is 18.4 Å². The van der Waals surface area contributed by atoms with Gasteiger partial charge in [-0.25, -0.2) is 9.18 Å². The SMILES string of the molecule is CCCC[SiH2]OC(C)(C)c1c(C(=O)OCC)c(-c2ccc(F)cc2)c2ccccn12. The van der Waals surface area contributed by atoms with E-state index in [1.165, 1.54) is 12.1 Å². The van der Waals surface area contributed by atoms with E-state index < -0.39 is 15.4 Å². The van der Waals surface area contributed by atoms with Crippen molar-refractivity contribution < 1.29 is 18.3 Å². The number of benzene rings is 1. The molecule has 0 radical (unpaired) electrons. The minimum Gasteiger partial charge on any atom is -0.462 e. The third kappa shape index (κ3) is 4.49. The van der Waals surface area contributed by atoms with E-state index >= 15 is 0 Å². The molecule has 0 fully saturated rings. The van der Waals surface area contributed by atoms with Crippen molar-refractivity contribution in [3.63, 3.8) is 0 Å². The zero-order valence-electron chi connectivity index (χ0n) is 18.2. The van der Waals surface area contributed by atoms with Gasteiger partial charge >= 0.3 is 5.97 Å². The fourth-order valence-corrected chi connectivity index (χ4v) is 5.35. The van der Waals surface area contributed by atoms with Crippen LogP contribution in [0.1, 0.15) is 56.6 Å². The third-order valence-corrected chi connectivity index (χ3v) is 6.95. The molecule has 160 valence electrons. The Hall–Kier alpha value is -2.44. The van der Waals surface area contributed by atoms with Crippen LogP contribution in [-0.4, -0.2) is 26.7 Å². The van der Waals surface area contributed by atoms with Crippen molar-refractivity contribution in [2.45, 2.75) is 52.2 Å². The van der Waals surface area contributed by atoms with Crippen LogP contribution >= 0.6 is 0 Å². The van der Waals surface area contributed by atoms with E-state index in [1.807, 2.05) is 42.6 Å². The molecule has 4 nitrogen and oxygen atoms in total. The third-order valence-electron chi connectivity index (χ3n) is 5.24. The number of aromatic nitrogens is 1. The quantitative estimate of drug-likeness (QED) is 0.258. The Morgan fingerprint density at radius 3 is 2.53 bits per heavy atom. The van der Waals surface area contributed by atoms with E-state index in [1.54, 1.807) is 19.1 Å². The number of hydrogen-bond donors (Lipinski definition) is 0. The van der Waals surface area contributed by atoms with E-state index in [2.05, 4.69) is 6.92 Å². The Morgan fingerprint density at radius 2 is 1.87 bits per heavy atom. The van der Waals surface area contributed by atoms with E-state index in [4.69, 9.17) is 9.16 Å². The molecule has 0 aliphatic heterocycles. The fraction of sp³-hybridized carbons (Fsp3) is 0.375. The first-order valence-corrected chi connectivity index (χ1v) is 12.2. The van der Waals surface area contributed by atoms with Crippen LogP contribution in [0, 0.1) is 5.82 Å². The number of pyridine rings is 1. The molecule has 0 N–H and O–H groups in total. The molecule has 0 amide bonds. The predicted molar refractivity (Wildman–Crippen MR) is 121 cm³/mol. The summed E-state index contributed by atoms with van der Waals surface area (Å²) in [5.74, 6) is -0.701. The molecule has 0 bridgehead atoms. The van der Waals surface area contributed by atoms with Gasteiger partial charge in [-0.3, -0.25) is 0 Å². The highest BCUT2D eigenvalue weighted by molar-refractivity contribution is 6.27. The van der Waals surface area contributed by atoms with Crippen molar-refractivity contribution >= 4 is 21.2 Å². The van der Waals surface area contributed by atoms with E-state index in [0.717, 1.165) is 41.2 Å². The molecular weight excluding hydrogens is 397 g/mol. The van der Waals surface area contributed by atoms with E-state index in [9.17, 15) is 9.18 Å². The molecule has 30 heavy (non-hydrogen) atoms. The number of ether oxygens (including phenoxy) is 1. The lowest BCUT2D eigenvalue weighted by molar-refractivity contribution is 0.0507. The Bertz CT molecular complexity index is 1010. The zero-order chi connectivity index (χ0) is 21.7. The molecule has 2 aromatic heterocycles. The number of carbonyl (C=O) groups is 1. The number of carbonyl (C=O) groups excluding carboxylic acids is 1. The minimum atomic E-state index is -0.740. The van der Waals surface area contributed by atoms with Crippen molar-refractivity contribution in [3.05, 3.63) is 65.7 Å². The largest absolute Gasteiger partial charge is 0.462 e. The van der Waals surface area contributed by atoms with Gasteiger partial charge in [0, 0.05) is 11.8 Å². The molecule has 0 unspecified atom stereocenters. The highest BCUT2D eigenvalue weighted by atomic mass is 28.2. The number of esters is 1. The molecule has 1 aromatic carbocycles. The normalized spacial score (nSPS) is 12.2. The molecule has 0 saturated carbocycles. The van der Waals surface area contributed by atoms with Crippen LogP contribution in [0.5, 0.6) is 0 Å². The maximum atomic E-state index is 13.6. The standard InChI is InChI=1S/C24H30FNO3Si/c1-5-7-16-30-29-24(3,4)22-21(23(27)28-6-2)20(17-11-13-18(25)14-12-17)19-10-8-9-15-26(19)22/h8-15H,5-7,16,30H2,1-4H3. The van der Waals surface area contributed by atoms with Crippen molar-refractivity contribution in [1.29, 1.82) is 0 Å². The predicted octanol–water partition coefficient (Wildman–Crippen LogP) is 5.48. The summed E-state index contributed by atoms with van der Waals surface area (Å²) in [4.78, 5) is 13.2. The first-order chi connectivity index (χ1) is 14.4. The molecule has 0 aliphatic rings. The van der Waals surface area contributed by atoms with Crippen molar-refractivity contribution in [2.24, 2.45) is 0 Å². The van der Waals surface area contributed by atoms with Gasteiger partial charge in [-0.1, -0.05) is 38.0 Å². The summed E-state index contributed by atoms with van der Waals surface area (Å²) in [6.45, 7) is 8.27. The van der Waals surface area contributed by atoms with Gasteiger partial charge in [0.05, 0.1) is 29.0 Å². The maximum Gasteiger partial charge on any atom is 0.340 e. The summed E-state index contributed by atoms with van der Waals surface area (Å²) < 4.78 is 27.5. The molecule has 0 atom stereocenters. The highest BCUT2D eigenvalue weighted by Gasteiger charge is 2.35. The number of rotatable bonds is 9. The molecule has 3 rings (SSSR count). The van der Waals surface area contributed by atoms with Crippen molar-refractivity contribution in [3.8, 4) is 11.1 Å². The zero-order valence-corrected chi connectivity index (χ0v) is 19.6. The number of halogens is 1. The maximum absolute atomic E-state index is 13.6. The van der Waals surface area contributed by atoms with Gasteiger partial charge in [0.2, 0.25) is 0 Å². The number of fused-ring (bicyclic) bond motifs is 1. The average molecular weight is 428 g/mol. The van der Waals surface area contributed by atoms with E-state index in [0.29, 0.717) is 5.56 Å². The summed E-state index contributed by atoms with van der Waals surface area (Å²) in [6, 6.07) is 13.2. The summed E-state index contributed by atoms with van der Waals surface area (Å²) in [5, 5.41) is 0. The second kappa shape index (κ2) is 9.58. The number of nitrogens with zero attached hydrogens (tertiary/aromatic N) is 1. The van der Waals surface area contributed by atoms with Crippen LogP contribution in [-0.2, 0) is 14.8 Å². The molecule has 0 spiro atoms. The fourth-order valence-electron chi connectivity index (χ4n) is 3.86. The van der Waals surface area contributed by atoms with Gasteiger partial charge in [0.25, 0.3) is 0 Å². The Labute approximate surface area is 180 Å². The summed E-state index contributed by atoms with van der Waals surface area (Å²) in [7, 11) is -0.740. The monoisotopic (exact) mass is 427 g/mol. The van der Waals surface area contributed by atoms with Crippen molar-refractivity contribution in [1.82, 2.24) is 4.40 Å². The smallest absolute Gasteiger partial charge is 0.340 e. The van der Waals surface area contributed by atoms with Crippen LogP contribution in [0.3, 0.4) is 0 Å². The topological polar surface area (TPSA) is 39.9 Å². The summed E-state index contributed by atoms with van der Waals surface area (Å²) in [5.41, 5.74) is 2.99. The molecule has 0 aliphatic carbocycles. The van der Waals surface area contributed by atoms with Gasteiger partial charge < -0.3 is 13.6 Å². The number of hydrogen-bond acceptors (Lipinski definition) is 3. The first-order valence-electron chi connectivity index (χ1n) is 10.6. The lowest BCUT2D eigenvalue weighted by Gasteiger charge is -2.27. The molecule has 0 saturated heterocycles. The summed E-state index contributed by atoms with van der Waals surface area (Å²) in [6.07, 6.45) is 4.25. The lowest BCUT2D eigenvalue weighted by atomic mass is 9.95. The molecule has 2 heterocycles. The van der Waals surface area contributed by atoms with Crippen LogP contribution in [0.25, 0.3) is 16.6 Å². The molecule has 3 aromatic rings. The number of unbranched alkanes of at least 4 members (excludes halogenated alkanes) is 1.